The fourth-order valence-corrected chi connectivity index (χ4v) is 4.79. The first kappa shape index (κ1) is 31.4. The lowest BCUT2D eigenvalue weighted by molar-refractivity contribution is -0.121. The average Bonchev–Trinajstić information content (AvgIpc) is 2.59. The summed E-state index contributed by atoms with van der Waals surface area (Å²) in [5, 5.41) is 0.140. The summed E-state index contributed by atoms with van der Waals surface area (Å²) in [6, 6.07) is 0. The van der Waals surface area contributed by atoms with Crippen molar-refractivity contribution in [3.8, 4) is 23.7 Å². The molecule has 0 radical (unpaired) electrons. The van der Waals surface area contributed by atoms with E-state index in [0.717, 1.165) is 43.3 Å². The first-order chi connectivity index (χ1) is 14.8. The van der Waals surface area contributed by atoms with E-state index in [1.807, 2.05) is 20.8 Å². The van der Waals surface area contributed by atoms with E-state index in [1.54, 1.807) is 0 Å². The molecule has 2 nitrogen and oxygen atoms in total. The van der Waals surface area contributed by atoms with Crippen molar-refractivity contribution in [1.82, 2.24) is 0 Å². The van der Waals surface area contributed by atoms with Gasteiger partial charge in [0.1, 0.15) is 6.10 Å². The Hall–Kier alpha value is -1.55. The number of Topliss-reactive ketones (excluding diaryl/α,β-unsaturated/α-hetero) is 1. The number of unbranched alkanes of at least 4 members (excludes halogenated alkanes) is 3. The van der Waals surface area contributed by atoms with Gasteiger partial charge in [0, 0.05) is 23.7 Å². The number of hydrogen-bond donors (Lipinski definition) is 0. The molecule has 0 aliphatic heterocycles. The van der Waals surface area contributed by atoms with Gasteiger partial charge in [0.2, 0.25) is 5.78 Å². The second-order valence-corrected chi connectivity index (χ2v) is 17.3. The maximum atomic E-state index is 12.3. The molecule has 0 heterocycles. The van der Waals surface area contributed by atoms with Crippen LogP contribution in [0.5, 0.6) is 0 Å². The molecule has 0 rings (SSSR count). The van der Waals surface area contributed by atoms with Crippen molar-refractivity contribution in [2.45, 2.75) is 125 Å². The van der Waals surface area contributed by atoms with Gasteiger partial charge in [-0.2, -0.15) is 0 Å². The maximum absolute atomic E-state index is 12.3. The van der Waals surface area contributed by atoms with Crippen LogP contribution in [-0.4, -0.2) is 20.2 Å². The standard InChI is InChI=1S/C30H50O2Si/c1-24(2)22-29(8,9)26(31)20-18-16-14-15-17-19-21-27(30(10,11)23-25(3)4)32-33(12,13)28(5,6)7/h27H,1,3,14-17,22-23H2,2,4-13H3. The third-order valence-corrected chi connectivity index (χ3v) is 10.8. The Kier molecular flexibility index (Phi) is 12.2. The molecule has 0 aromatic rings. The molecule has 1 unspecified atom stereocenters. The molecule has 0 N–H and O–H groups in total. The minimum Gasteiger partial charge on any atom is -0.403 e. The molecule has 3 heteroatoms. The van der Waals surface area contributed by atoms with Gasteiger partial charge in [0.05, 0.1) is 0 Å². The summed E-state index contributed by atoms with van der Waals surface area (Å²) < 4.78 is 6.76. The molecule has 0 aromatic carbocycles. The fourth-order valence-electron chi connectivity index (χ4n) is 3.46. The lowest BCUT2D eigenvalue weighted by Gasteiger charge is -2.42. The van der Waals surface area contributed by atoms with Crippen LogP contribution in [0.15, 0.2) is 24.3 Å². The van der Waals surface area contributed by atoms with E-state index in [2.05, 4.69) is 91.5 Å². The molecule has 0 fully saturated rings. The van der Waals surface area contributed by atoms with Crippen molar-refractivity contribution in [3.63, 3.8) is 0 Å². The Morgan fingerprint density at radius 2 is 1.36 bits per heavy atom. The third-order valence-electron chi connectivity index (χ3n) is 6.33. The zero-order valence-electron chi connectivity index (χ0n) is 23.6. The Bertz CT molecular complexity index is 813. The molecular weight excluding hydrogens is 420 g/mol. The Labute approximate surface area is 207 Å². The Balaban J connectivity index is 5.01. The van der Waals surface area contributed by atoms with Crippen LogP contribution in [0.3, 0.4) is 0 Å². The van der Waals surface area contributed by atoms with Gasteiger partial charge in [0.15, 0.2) is 8.32 Å². The van der Waals surface area contributed by atoms with Crippen LogP contribution in [0.2, 0.25) is 18.1 Å². The average molecular weight is 471 g/mol. The largest absolute Gasteiger partial charge is 0.403 e. The molecule has 0 amide bonds. The van der Waals surface area contributed by atoms with E-state index < -0.39 is 13.7 Å². The van der Waals surface area contributed by atoms with Gasteiger partial charge < -0.3 is 4.43 Å². The van der Waals surface area contributed by atoms with Gasteiger partial charge in [-0.15, -0.1) is 19.1 Å². The summed E-state index contributed by atoms with van der Waals surface area (Å²) in [4.78, 5) is 12.3. The second-order valence-electron chi connectivity index (χ2n) is 12.6. The van der Waals surface area contributed by atoms with Crippen LogP contribution in [0.1, 0.15) is 101 Å². The van der Waals surface area contributed by atoms with E-state index in [0.29, 0.717) is 6.42 Å². The van der Waals surface area contributed by atoms with E-state index in [4.69, 9.17) is 4.43 Å². The predicted molar refractivity (Wildman–Crippen MR) is 148 cm³/mol. The molecule has 0 aliphatic rings. The van der Waals surface area contributed by atoms with Crippen molar-refractivity contribution in [2.75, 3.05) is 0 Å². The summed E-state index contributed by atoms with van der Waals surface area (Å²) in [6.45, 7) is 31.8. The number of hydrogen-bond acceptors (Lipinski definition) is 2. The van der Waals surface area contributed by atoms with Crippen LogP contribution in [0.25, 0.3) is 0 Å². The van der Waals surface area contributed by atoms with E-state index in [9.17, 15) is 4.79 Å². The topological polar surface area (TPSA) is 26.3 Å². The van der Waals surface area contributed by atoms with Gasteiger partial charge in [-0.1, -0.05) is 71.5 Å². The molecule has 0 saturated carbocycles. The van der Waals surface area contributed by atoms with Gasteiger partial charge in [0.25, 0.3) is 0 Å². The van der Waals surface area contributed by atoms with Crippen molar-refractivity contribution < 1.29 is 9.22 Å². The first-order valence-corrected chi connectivity index (χ1v) is 15.2. The Morgan fingerprint density at radius 3 is 1.82 bits per heavy atom. The summed E-state index contributed by atoms with van der Waals surface area (Å²) in [5.41, 5.74) is 1.62. The van der Waals surface area contributed by atoms with Crippen molar-refractivity contribution >= 4 is 14.1 Å². The van der Waals surface area contributed by atoms with Gasteiger partial charge >= 0.3 is 0 Å². The molecule has 0 aliphatic carbocycles. The number of allylic oxidation sites excluding steroid dienone is 2. The monoisotopic (exact) mass is 470 g/mol. The van der Waals surface area contributed by atoms with Gasteiger partial charge in [-0.3, -0.25) is 4.79 Å². The van der Waals surface area contributed by atoms with Crippen LogP contribution in [0, 0.1) is 34.5 Å². The first-order valence-electron chi connectivity index (χ1n) is 12.3. The lowest BCUT2D eigenvalue weighted by Crippen LogP contribution is -2.47. The zero-order chi connectivity index (χ0) is 26.1. The highest BCUT2D eigenvalue weighted by Crippen LogP contribution is 2.41. The fraction of sp³-hybridized carbons (Fsp3) is 0.700. The maximum Gasteiger partial charge on any atom is 0.211 e. The minimum absolute atomic E-state index is 0.00402. The summed E-state index contributed by atoms with van der Waals surface area (Å²) in [7, 11) is -1.94. The molecule has 1 atom stereocenters. The van der Waals surface area contributed by atoms with Crippen molar-refractivity contribution in [1.29, 1.82) is 0 Å². The lowest BCUT2D eigenvalue weighted by atomic mass is 9.81. The minimum atomic E-state index is -1.94. The van der Waals surface area contributed by atoms with Crippen LogP contribution in [0.4, 0.5) is 0 Å². The highest BCUT2D eigenvalue weighted by atomic mass is 28.4. The molecule has 0 spiro atoms. The van der Waals surface area contributed by atoms with Crippen LogP contribution >= 0.6 is 0 Å². The van der Waals surface area contributed by atoms with E-state index in [-0.39, 0.29) is 22.3 Å². The molecular formula is C30H50O2Si. The Morgan fingerprint density at radius 1 is 0.879 bits per heavy atom. The van der Waals surface area contributed by atoms with Gasteiger partial charge in [-0.05, 0) is 63.6 Å². The third kappa shape index (κ3) is 11.9. The molecule has 0 saturated heterocycles. The molecule has 0 bridgehead atoms. The zero-order valence-corrected chi connectivity index (χ0v) is 24.6. The number of carbonyl (C=O) groups is 1. The highest BCUT2D eigenvalue weighted by Gasteiger charge is 2.42. The van der Waals surface area contributed by atoms with E-state index >= 15 is 0 Å². The van der Waals surface area contributed by atoms with E-state index in [1.165, 1.54) is 0 Å². The summed E-state index contributed by atoms with van der Waals surface area (Å²) >= 11 is 0. The normalized spacial score (nSPS) is 13.3. The summed E-state index contributed by atoms with van der Waals surface area (Å²) in [6.07, 6.45) is 4.92. The highest BCUT2D eigenvalue weighted by molar-refractivity contribution is 6.74. The van der Waals surface area contributed by atoms with Crippen molar-refractivity contribution in [3.05, 3.63) is 24.3 Å². The molecule has 186 valence electrons. The smallest absolute Gasteiger partial charge is 0.211 e. The number of carbonyl (C=O) groups excluding carboxylic acids is 1. The number of ketones is 1. The second kappa shape index (κ2) is 12.8. The predicted octanol–water partition coefficient (Wildman–Crippen LogP) is 8.50. The molecule has 0 aromatic heterocycles. The van der Waals surface area contributed by atoms with Crippen LogP contribution < -0.4 is 0 Å². The summed E-state index contributed by atoms with van der Waals surface area (Å²) in [5.74, 6) is 12.7. The SMILES string of the molecule is C=C(C)CC(C)(C)C(=O)C#CCCCCC#CC(O[Si](C)(C)C(C)(C)C)C(C)(C)CC(=C)C. The van der Waals surface area contributed by atoms with Crippen LogP contribution in [-0.2, 0) is 9.22 Å². The van der Waals surface area contributed by atoms with Gasteiger partial charge in [-0.25, -0.2) is 0 Å². The van der Waals surface area contributed by atoms with Crippen molar-refractivity contribution in [2.24, 2.45) is 10.8 Å². The molecule has 33 heavy (non-hydrogen) atoms. The number of rotatable bonds is 11. The quantitative estimate of drug-likeness (QED) is 0.0994.